The Bertz CT molecular complexity index is 435. The van der Waals surface area contributed by atoms with Crippen molar-refractivity contribution in [3.05, 3.63) is 24.0 Å². The van der Waals surface area contributed by atoms with Gasteiger partial charge in [-0.25, -0.2) is 4.79 Å². The molecule has 92 valence electrons. The molecule has 5 heteroatoms. The number of rotatable bonds is 5. The first-order valence-electron chi connectivity index (χ1n) is 5.84. The number of carboxylic acids is 1. The Morgan fingerprint density at radius 1 is 1.59 bits per heavy atom. The highest BCUT2D eigenvalue weighted by molar-refractivity contribution is 5.95. The minimum absolute atomic E-state index is 0.309. The van der Waals surface area contributed by atoms with Gasteiger partial charge in [0, 0.05) is 12.2 Å². The molecule has 1 aliphatic carbocycles. The van der Waals surface area contributed by atoms with E-state index in [-0.39, 0.29) is 5.91 Å². The third-order valence-electron chi connectivity index (χ3n) is 2.96. The number of nitrogens with one attached hydrogen (secondary N) is 1. The largest absolute Gasteiger partial charge is 0.480 e. The zero-order valence-electron chi connectivity index (χ0n) is 9.72. The maximum Gasteiger partial charge on any atom is 0.326 e. The van der Waals surface area contributed by atoms with Crippen molar-refractivity contribution in [1.29, 1.82) is 0 Å². The van der Waals surface area contributed by atoms with Crippen LogP contribution in [0, 0.1) is 0 Å². The molecule has 5 nitrogen and oxygen atoms in total. The van der Waals surface area contributed by atoms with Crippen LogP contribution < -0.4 is 5.32 Å². The van der Waals surface area contributed by atoms with E-state index >= 15 is 0 Å². The van der Waals surface area contributed by atoms with Gasteiger partial charge in [-0.3, -0.25) is 4.79 Å². The molecule has 0 unspecified atom stereocenters. The van der Waals surface area contributed by atoms with Gasteiger partial charge >= 0.3 is 5.97 Å². The van der Waals surface area contributed by atoms with Gasteiger partial charge in [-0.15, -0.1) is 0 Å². The smallest absolute Gasteiger partial charge is 0.326 e. The van der Waals surface area contributed by atoms with Gasteiger partial charge < -0.3 is 15.0 Å². The van der Waals surface area contributed by atoms with E-state index < -0.39 is 12.0 Å². The summed E-state index contributed by atoms with van der Waals surface area (Å²) in [6.07, 6.45) is 4.43. The quantitative estimate of drug-likeness (QED) is 0.812. The van der Waals surface area contributed by atoms with Crippen molar-refractivity contribution in [3.8, 4) is 0 Å². The predicted molar refractivity (Wildman–Crippen MR) is 61.9 cm³/mol. The average molecular weight is 236 g/mol. The summed E-state index contributed by atoms with van der Waals surface area (Å²) in [5.41, 5.74) is 0.548. The molecule has 2 rings (SSSR count). The fraction of sp³-hybridized carbons (Fsp3) is 0.500. The maximum absolute atomic E-state index is 11.9. The van der Waals surface area contributed by atoms with E-state index in [1.807, 2.05) is 16.8 Å². The van der Waals surface area contributed by atoms with Crippen LogP contribution in [0.2, 0.25) is 0 Å². The summed E-state index contributed by atoms with van der Waals surface area (Å²) in [6, 6.07) is 3.14. The number of hydrogen-bond donors (Lipinski definition) is 2. The fourth-order valence-corrected chi connectivity index (χ4v) is 1.83. The third kappa shape index (κ3) is 2.49. The number of carbonyl (C=O) groups excluding carboxylic acids is 1. The van der Waals surface area contributed by atoms with Crippen LogP contribution in [0.5, 0.6) is 0 Å². The van der Waals surface area contributed by atoms with Gasteiger partial charge in [0.15, 0.2) is 0 Å². The minimum atomic E-state index is -0.995. The lowest BCUT2D eigenvalue weighted by molar-refractivity contribution is -0.139. The minimum Gasteiger partial charge on any atom is -0.480 e. The number of nitrogens with zero attached hydrogens (tertiary/aromatic N) is 1. The van der Waals surface area contributed by atoms with E-state index in [0.717, 1.165) is 12.8 Å². The van der Waals surface area contributed by atoms with Crippen molar-refractivity contribution in [2.75, 3.05) is 0 Å². The molecular formula is C12H16N2O3. The number of hydrogen-bond acceptors (Lipinski definition) is 2. The summed E-state index contributed by atoms with van der Waals surface area (Å²) in [7, 11) is 0. The first-order chi connectivity index (χ1) is 8.13. The van der Waals surface area contributed by atoms with E-state index in [1.165, 1.54) is 0 Å². The van der Waals surface area contributed by atoms with E-state index in [4.69, 9.17) is 5.11 Å². The highest BCUT2D eigenvalue weighted by atomic mass is 16.4. The van der Waals surface area contributed by atoms with Crippen LogP contribution >= 0.6 is 0 Å². The Morgan fingerprint density at radius 2 is 2.29 bits per heavy atom. The van der Waals surface area contributed by atoms with Crippen molar-refractivity contribution >= 4 is 11.9 Å². The lowest BCUT2D eigenvalue weighted by Gasteiger charge is -2.13. The molecule has 1 saturated carbocycles. The summed E-state index contributed by atoms with van der Waals surface area (Å²) in [5.74, 6) is -1.30. The number of carboxylic acid groups (broad SMARTS) is 1. The molecule has 0 spiro atoms. The van der Waals surface area contributed by atoms with Crippen LogP contribution in [0.4, 0.5) is 0 Å². The first kappa shape index (κ1) is 11.7. The molecule has 0 aromatic carbocycles. The van der Waals surface area contributed by atoms with Crippen LogP contribution in [-0.4, -0.2) is 27.6 Å². The molecule has 1 aromatic heterocycles. The number of aliphatic carboxylic acids is 1. The lowest BCUT2D eigenvalue weighted by atomic mass is 10.2. The molecule has 1 aromatic rings. The SMILES string of the molecule is CC[C@H](NC(=O)c1cccn1C1CC1)C(=O)O. The maximum atomic E-state index is 11.9. The summed E-state index contributed by atoms with van der Waals surface area (Å²) >= 11 is 0. The molecule has 2 N–H and O–H groups in total. The van der Waals surface area contributed by atoms with Crippen molar-refractivity contribution < 1.29 is 14.7 Å². The topological polar surface area (TPSA) is 71.3 Å². The second kappa shape index (κ2) is 4.61. The van der Waals surface area contributed by atoms with E-state index in [2.05, 4.69) is 5.32 Å². The Kier molecular flexibility index (Phi) is 3.17. The van der Waals surface area contributed by atoms with E-state index in [0.29, 0.717) is 18.2 Å². The van der Waals surface area contributed by atoms with Crippen LogP contribution in [0.1, 0.15) is 42.7 Å². The second-order valence-electron chi connectivity index (χ2n) is 4.30. The highest BCUT2D eigenvalue weighted by Gasteiger charge is 2.28. The molecule has 0 aliphatic heterocycles. The Morgan fingerprint density at radius 3 is 2.82 bits per heavy atom. The molecule has 0 saturated heterocycles. The normalized spacial score (nSPS) is 16.5. The van der Waals surface area contributed by atoms with Gasteiger partial charge in [-0.05, 0) is 31.4 Å². The Hall–Kier alpha value is -1.78. The zero-order valence-corrected chi connectivity index (χ0v) is 9.72. The van der Waals surface area contributed by atoms with E-state index in [1.54, 1.807) is 13.0 Å². The highest BCUT2D eigenvalue weighted by Crippen LogP contribution is 2.35. The van der Waals surface area contributed by atoms with Crippen molar-refractivity contribution in [1.82, 2.24) is 9.88 Å². The van der Waals surface area contributed by atoms with Crippen molar-refractivity contribution in [3.63, 3.8) is 0 Å². The molecule has 17 heavy (non-hydrogen) atoms. The molecule has 1 aliphatic rings. The van der Waals surface area contributed by atoms with Crippen molar-refractivity contribution in [2.24, 2.45) is 0 Å². The van der Waals surface area contributed by atoms with Gasteiger partial charge in [0.2, 0.25) is 0 Å². The van der Waals surface area contributed by atoms with Gasteiger partial charge in [0.1, 0.15) is 11.7 Å². The number of amides is 1. The second-order valence-corrected chi connectivity index (χ2v) is 4.30. The van der Waals surface area contributed by atoms with Gasteiger partial charge in [-0.2, -0.15) is 0 Å². The molecule has 1 heterocycles. The summed E-state index contributed by atoms with van der Waals surface area (Å²) in [6.45, 7) is 1.74. The molecule has 0 bridgehead atoms. The van der Waals surface area contributed by atoms with Crippen LogP contribution in [0.15, 0.2) is 18.3 Å². The van der Waals surface area contributed by atoms with Crippen molar-refractivity contribution in [2.45, 2.75) is 38.3 Å². The summed E-state index contributed by atoms with van der Waals surface area (Å²) in [4.78, 5) is 22.8. The first-order valence-corrected chi connectivity index (χ1v) is 5.84. The molecule has 0 radical (unpaired) electrons. The predicted octanol–water partition coefficient (Wildman–Crippen LogP) is 1.42. The van der Waals surface area contributed by atoms with Gasteiger partial charge in [0.25, 0.3) is 5.91 Å². The molecule has 1 atom stereocenters. The third-order valence-corrected chi connectivity index (χ3v) is 2.96. The van der Waals surface area contributed by atoms with Gasteiger partial charge in [-0.1, -0.05) is 6.92 Å². The number of aromatic nitrogens is 1. The van der Waals surface area contributed by atoms with Gasteiger partial charge in [0.05, 0.1) is 0 Å². The monoisotopic (exact) mass is 236 g/mol. The lowest BCUT2D eigenvalue weighted by Crippen LogP contribution is -2.40. The molecular weight excluding hydrogens is 220 g/mol. The molecule has 1 amide bonds. The van der Waals surface area contributed by atoms with E-state index in [9.17, 15) is 9.59 Å². The number of carbonyl (C=O) groups is 2. The Labute approximate surface area is 99.4 Å². The zero-order chi connectivity index (χ0) is 12.4. The molecule has 1 fully saturated rings. The van der Waals surface area contributed by atoms with Crippen LogP contribution in [-0.2, 0) is 4.79 Å². The van der Waals surface area contributed by atoms with Crippen LogP contribution in [0.25, 0.3) is 0 Å². The van der Waals surface area contributed by atoms with Crippen LogP contribution in [0.3, 0.4) is 0 Å². The fourth-order valence-electron chi connectivity index (χ4n) is 1.83. The summed E-state index contributed by atoms with van der Waals surface area (Å²) < 4.78 is 1.92. The average Bonchev–Trinajstić information content (AvgIpc) is 3.03. The Balaban J connectivity index is 2.08. The summed E-state index contributed by atoms with van der Waals surface area (Å²) in [5, 5.41) is 11.4. The standard InChI is InChI=1S/C12H16N2O3/c1-2-9(12(16)17)13-11(15)10-4-3-7-14(10)8-5-6-8/h3-4,7-9H,2,5-6H2,1H3,(H,13,15)(H,16,17)/t9-/m0/s1.